The second kappa shape index (κ2) is 5.27. The van der Waals surface area contributed by atoms with Gasteiger partial charge in [0.2, 0.25) is 0 Å². The highest BCUT2D eigenvalue weighted by Gasteiger charge is 2.38. The van der Waals surface area contributed by atoms with Gasteiger partial charge in [0.1, 0.15) is 0 Å². The molecule has 0 amide bonds. The Hall–Kier alpha value is -0.130. The molecule has 3 N–H and O–H groups in total. The van der Waals surface area contributed by atoms with Crippen LogP contribution in [0.2, 0.25) is 0 Å². The lowest BCUT2D eigenvalue weighted by molar-refractivity contribution is 0.339. The maximum Gasteiger partial charge on any atom is 0.154 e. The summed E-state index contributed by atoms with van der Waals surface area (Å²) < 4.78 is 22.4. The number of hydrazine groups is 1. The Morgan fingerprint density at radius 1 is 1.40 bits per heavy atom. The summed E-state index contributed by atoms with van der Waals surface area (Å²) in [6.07, 6.45) is 3.05. The molecular formula is C10H24N2O2S. The first-order valence-corrected chi connectivity index (χ1v) is 7.21. The molecule has 0 aromatic heterocycles. The van der Waals surface area contributed by atoms with E-state index in [9.17, 15) is 8.42 Å². The molecule has 4 nitrogen and oxygen atoms in total. The Balaban J connectivity index is 4.82. The van der Waals surface area contributed by atoms with Gasteiger partial charge in [0.25, 0.3) is 0 Å². The van der Waals surface area contributed by atoms with Gasteiger partial charge in [-0.15, -0.1) is 0 Å². The van der Waals surface area contributed by atoms with Crippen LogP contribution in [0.25, 0.3) is 0 Å². The first-order chi connectivity index (χ1) is 6.66. The number of rotatable bonds is 6. The van der Waals surface area contributed by atoms with Crippen molar-refractivity contribution >= 4 is 9.84 Å². The van der Waals surface area contributed by atoms with Crippen molar-refractivity contribution in [2.75, 3.05) is 6.26 Å². The van der Waals surface area contributed by atoms with Crippen molar-refractivity contribution in [3.8, 4) is 0 Å². The fourth-order valence-electron chi connectivity index (χ4n) is 1.38. The van der Waals surface area contributed by atoms with Gasteiger partial charge in [-0.3, -0.25) is 11.3 Å². The molecule has 0 bridgehead atoms. The molecule has 0 saturated carbocycles. The van der Waals surface area contributed by atoms with Gasteiger partial charge >= 0.3 is 0 Å². The van der Waals surface area contributed by atoms with E-state index in [-0.39, 0.29) is 6.04 Å². The Labute approximate surface area is 93.5 Å². The lowest BCUT2D eigenvalue weighted by Crippen LogP contribution is -2.54. The Morgan fingerprint density at radius 3 is 2.13 bits per heavy atom. The van der Waals surface area contributed by atoms with E-state index in [4.69, 9.17) is 5.84 Å². The van der Waals surface area contributed by atoms with Crippen LogP contribution < -0.4 is 11.3 Å². The molecule has 0 radical (unpaired) electrons. The summed E-state index contributed by atoms with van der Waals surface area (Å²) in [5.74, 6) is 5.91. The van der Waals surface area contributed by atoms with Crippen LogP contribution in [0.4, 0.5) is 0 Å². The van der Waals surface area contributed by atoms with Crippen molar-refractivity contribution < 1.29 is 8.42 Å². The predicted octanol–water partition coefficient (Wildman–Crippen LogP) is 1.08. The van der Waals surface area contributed by atoms with Crippen LogP contribution in [-0.2, 0) is 9.84 Å². The molecule has 15 heavy (non-hydrogen) atoms. The van der Waals surface area contributed by atoms with E-state index < -0.39 is 14.6 Å². The Morgan fingerprint density at radius 2 is 1.87 bits per heavy atom. The molecule has 0 aliphatic rings. The van der Waals surface area contributed by atoms with Crippen molar-refractivity contribution in [1.29, 1.82) is 0 Å². The van der Waals surface area contributed by atoms with Gasteiger partial charge in [0.05, 0.1) is 4.75 Å². The zero-order chi connectivity index (χ0) is 12.3. The summed E-state index contributed by atoms with van der Waals surface area (Å²) >= 11 is 0. The van der Waals surface area contributed by atoms with Crippen LogP contribution in [0, 0.1) is 5.92 Å². The summed E-state index contributed by atoms with van der Waals surface area (Å²) in [5.41, 5.74) is 2.63. The number of nitrogens with two attached hydrogens (primary N) is 1. The molecular weight excluding hydrogens is 212 g/mol. The first kappa shape index (κ1) is 14.9. The van der Waals surface area contributed by atoms with Gasteiger partial charge in [-0.1, -0.05) is 20.3 Å². The van der Waals surface area contributed by atoms with E-state index in [1.807, 2.05) is 0 Å². The molecule has 0 spiro atoms. The van der Waals surface area contributed by atoms with E-state index in [0.717, 1.165) is 12.8 Å². The van der Waals surface area contributed by atoms with Crippen molar-refractivity contribution in [1.82, 2.24) is 5.43 Å². The lowest BCUT2D eigenvalue weighted by Gasteiger charge is -2.33. The Bertz CT molecular complexity index is 286. The minimum atomic E-state index is -3.11. The van der Waals surface area contributed by atoms with Crippen LogP contribution in [-0.4, -0.2) is 25.5 Å². The zero-order valence-electron chi connectivity index (χ0n) is 10.4. The summed E-state index contributed by atoms with van der Waals surface area (Å²) in [6.45, 7) is 7.62. The lowest BCUT2D eigenvalue weighted by atomic mass is 9.92. The fourth-order valence-corrected chi connectivity index (χ4v) is 2.06. The van der Waals surface area contributed by atoms with E-state index in [2.05, 4.69) is 19.3 Å². The SMILES string of the molecule is CCC(C)CC(NN)C(C)(C)S(C)(=O)=O. The van der Waals surface area contributed by atoms with E-state index >= 15 is 0 Å². The quantitative estimate of drug-likeness (QED) is 0.534. The monoisotopic (exact) mass is 236 g/mol. The number of nitrogens with one attached hydrogen (secondary N) is 1. The van der Waals surface area contributed by atoms with Gasteiger partial charge in [-0.2, -0.15) is 0 Å². The Kier molecular flexibility index (Phi) is 5.23. The van der Waals surface area contributed by atoms with E-state index in [0.29, 0.717) is 5.92 Å². The van der Waals surface area contributed by atoms with Crippen LogP contribution in [0.5, 0.6) is 0 Å². The number of hydrogen-bond acceptors (Lipinski definition) is 4. The second-order valence-corrected chi connectivity index (χ2v) is 7.44. The maximum absolute atomic E-state index is 11.6. The van der Waals surface area contributed by atoms with Gasteiger partial charge in [0.15, 0.2) is 9.84 Å². The summed E-state index contributed by atoms with van der Waals surface area (Å²) in [5, 5.41) is 0. The number of sulfone groups is 1. The molecule has 0 heterocycles. The largest absolute Gasteiger partial charge is 0.271 e. The molecule has 0 fully saturated rings. The average molecular weight is 236 g/mol. The van der Waals surface area contributed by atoms with Crippen molar-refractivity contribution in [3.63, 3.8) is 0 Å². The fraction of sp³-hybridized carbons (Fsp3) is 1.00. The van der Waals surface area contributed by atoms with Crippen molar-refractivity contribution in [2.45, 2.75) is 51.3 Å². The molecule has 2 atom stereocenters. The summed E-state index contributed by atoms with van der Waals surface area (Å²) in [4.78, 5) is 0. The van der Waals surface area contributed by atoms with Crippen LogP contribution in [0.1, 0.15) is 40.5 Å². The highest BCUT2D eigenvalue weighted by atomic mass is 32.2. The van der Waals surface area contributed by atoms with Gasteiger partial charge in [0, 0.05) is 12.3 Å². The zero-order valence-corrected chi connectivity index (χ0v) is 11.2. The highest BCUT2D eigenvalue weighted by Crippen LogP contribution is 2.25. The van der Waals surface area contributed by atoms with Gasteiger partial charge in [-0.25, -0.2) is 8.42 Å². The minimum Gasteiger partial charge on any atom is -0.271 e. The third-order valence-electron chi connectivity index (χ3n) is 3.33. The first-order valence-electron chi connectivity index (χ1n) is 5.32. The average Bonchev–Trinajstić information content (AvgIpc) is 2.11. The molecule has 0 aromatic rings. The third kappa shape index (κ3) is 3.74. The van der Waals surface area contributed by atoms with Crippen LogP contribution in [0.15, 0.2) is 0 Å². The third-order valence-corrected chi connectivity index (χ3v) is 5.53. The van der Waals surface area contributed by atoms with E-state index in [1.165, 1.54) is 6.26 Å². The molecule has 5 heteroatoms. The van der Waals surface area contributed by atoms with Crippen LogP contribution >= 0.6 is 0 Å². The molecule has 0 rings (SSSR count). The molecule has 92 valence electrons. The standard InChI is InChI=1S/C10H24N2O2S/c1-6-8(2)7-9(12-11)10(3,4)15(5,13)14/h8-9,12H,6-7,11H2,1-5H3. The molecule has 2 unspecified atom stereocenters. The van der Waals surface area contributed by atoms with Crippen molar-refractivity contribution in [3.05, 3.63) is 0 Å². The topological polar surface area (TPSA) is 72.2 Å². The molecule has 0 aliphatic carbocycles. The number of hydrogen-bond donors (Lipinski definition) is 2. The minimum absolute atomic E-state index is 0.206. The highest BCUT2D eigenvalue weighted by molar-refractivity contribution is 7.92. The maximum atomic E-state index is 11.6. The second-order valence-electron chi connectivity index (χ2n) is 4.84. The predicted molar refractivity (Wildman–Crippen MR) is 64.1 cm³/mol. The normalized spacial score (nSPS) is 17.5. The molecule has 0 aromatic carbocycles. The summed E-state index contributed by atoms with van der Waals surface area (Å²) in [6, 6.07) is -0.206. The van der Waals surface area contributed by atoms with E-state index in [1.54, 1.807) is 13.8 Å². The van der Waals surface area contributed by atoms with Crippen LogP contribution in [0.3, 0.4) is 0 Å². The van der Waals surface area contributed by atoms with Gasteiger partial charge < -0.3 is 0 Å². The van der Waals surface area contributed by atoms with Gasteiger partial charge in [-0.05, 0) is 26.2 Å². The molecule has 0 saturated heterocycles. The molecule has 0 aliphatic heterocycles. The smallest absolute Gasteiger partial charge is 0.154 e. The summed E-state index contributed by atoms with van der Waals surface area (Å²) in [7, 11) is -3.11. The van der Waals surface area contributed by atoms with Crippen molar-refractivity contribution in [2.24, 2.45) is 11.8 Å².